The summed E-state index contributed by atoms with van der Waals surface area (Å²) < 4.78 is 4.63. The maximum absolute atomic E-state index is 8.91. The van der Waals surface area contributed by atoms with E-state index in [1.807, 2.05) is 0 Å². The van der Waals surface area contributed by atoms with Gasteiger partial charge in [-0.25, -0.2) is 0 Å². The average molecular weight is 240 g/mol. The molecule has 1 unspecified atom stereocenters. The van der Waals surface area contributed by atoms with E-state index >= 15 is 0 Å². The maximum atomic E-state index is 8.91. The molecule has 0 aliphatic rings. The van der Waals surface area contributed by atoms with Crippen LogP contribution < -0.4 is 0 Å². The van der Waals surface area contributed by atoms with Gasteiger partial charge in [-0.05, 0) is 19.3 Å². The van der Waals surface area contributed by atoms with Crippen LogP contribution in [0.25, 0.3) is 0 Å². The van der Waals surface area contributed by atoms with E-state index in [1.165, 1.54) is 0 Å². The van der Waals surface area contributed by atoms with Gasteiger partial charge in [0, 0.05) is 13.2 Å². The van der Waals surface area contributed by atoms with E-state index in [0.29, 0.717) is 32.5 Å². The number of aliphatic hydroxyl groups excluding tert-OH is 5. The van der Waals surface area contributed by atoms with Crippen molar-refractivity contribution in [3.8, 4) is 0 Å². The van der Waals surface area contributed by atoms with Gasteiger partial charge in [0.25, 0.3) is 0 Å². The first-order valence-electron chi connectivity index (χ1n) is 5.42. The second-order valence-electron chi connectivity index (χ2n) is 3.09. The number of rotatable bonds is 9. The predicted molar refractivity (Wildman–Crippen MR) is 59.0 cm³/mol. The Kier molecular flexibility index (Phi) is 19.5. The molecule has 0 rings (SSSR count). The Morgan fingerprint density at radius 3 is 1.69 bits per heavy atom. The monoisotopic (exact) mass is 240 g/mol. The first-order valence-corrected chi connectivity index (χ1v) is 5.42. The molecule has 5 N–H and O–H groups in total. The number of hydrogen-bond donors (Lipinski definition) is 5. The Labute approximate surface area is 96.1 Å². The van der Waals surface area contributed by atoms with Crippen LogP contribution in [-0.4, -0.2) is 71.3 Å². The highest BCUT2D eigenvalue weighted by Gasteiger charge is 2.00. The second kappa shape index (κ2) is 17.2. The van der Waals surface area contributed by atoms with Gasteiger partial charge < -0.3 is 30.3 Å². The SMILES string of the molecule is OCCCC(O)CCO.OCCOCCO. The quantitative estimate of drug-likeness (QED) is 0.313. The van der Waals surface area contributed by atoms with Crippen molar-refractivity contribution < 1.29 is 30.3 Å². The molecular weight excluding hydrogens is 216 g/mol. The van der Waals surface area contributed by atoms with Gasteiger partial charge in [0.05, 0.1) is 32.5 Å². The molecule has 0 saturated heterocycles. The van der Waals surface area contributed by atoms with Crippen LogP contribution in [-0.2, 0) is 4.74 Å². The smallest absolute Gasteiger partial charge is 0.0698 e. The molecule has 0 aliphatic carbocycles. The molecule has 0 bridgehead atoms. The topological polar surface area (TPSA) is 110 Å². The molecule has 1 atom stereocenters. The van der Waals surface area contributed by atoms with E-state index in [4.69, 9.17) is 25.5 Å². The number of aliphatic hydroxyl groups is 5. The standard InChI is InChI=1S/C6H14O3.C4H10O3/c7-4-1-2-6(9)3-5-8;5-1-3-7-4-2-6/h6-9H,1-5H2;5-6H,1-4H2. The fraction of sp³-hybridized carbons (Fsp3) is 1.00. The molecule has 0 aromatic rings. The molecule has 0 aliphatic heterocycles. The summed E-state index contributed by atoms with van der Waals surface area (Å²) in [7, 11) is 0. The number of hydrogen-bond acceptors (Lipinski definition) is 6. The van der Waals surface area contributed by atoms with Crippen LogP contribution in [0.3, 0.4) is 0 Å². The lowest BCUT2D eigenvalue weighted by molar-refractivity contribution is 0.0650. The van der Waals surface area contributed by atoms with Gasteiger partial charge in [-0.2, -0.15) is 0 Å². The molecule has 0 saturated carbocycles. The Bertz CT molecular complexity index is 107. The molecule has 16 heavy (non-hydrogen) atoms. The highest BCUT2D eigenvalue weighted by Crippen LogP contribution is 1.99. The summed E-state index contributed by atoms with van der Waals surface area (Å²) in [6.07, 6.45) is 1.17. The summed E-state index contributed by atoms with van der Waals surface area (Å²) >= 11 is 0. The van der Waals surface area contributed by atoms with Crippen LogP contribution in [0.4, 0.5) is 0 Å². The molecule has 0 spiro atoms. The van der Waals surface area contributed by atoms with Crippen molar-refractivity contribution in [2.75, 3.05) is 39.6 Å². The minimum atomic E-state index is -0.442. The molecule has 6 nitrogen and oxygen atoms in total. The largest absolute Gasteiger partial charge is 0.396 e. The third-order valence-corrected chi connectivity index (χ3v) is 1.63. The van der Waals surface area contributed by atoms with Crippen LogP contribution in [0.15, 0.2) is 0 Å². The predicted octanol–water partition coefficient (Wildman–Crippen LogP) is -1.51. The Hall–Kier alpha value is -0.240. The van der Waals surface area contributed by atoms with Crippen molar-refractivity contribution in [3.05, 3.63) is 0 Å². The zero-order valence-corrected chi connectivity index (χ0v) is 9.59. The third kappa shape index (κ3) is 19.4. The Morgan fingerprint density at radius 2 is 1.31 bits per heavy atom. The average Bonchev–Trinajstić information content (AvgIpc) is 2.28. The molecule has 100 valence electrons. The van der Waals surface area contributed by atoms with E-state index < -0.39 is 6.10 Å². The minimum absolute atomic E-state index is 0.0204. The van der Waals surface area contributed by atoms with E-state index in [9.17, 15) is 0 Å². The van der Waals surface area contributed by atoms with Crippen molar-refractivity contribution in [2.24, 2.45) is 0 Å². The molecule has 0 radical (unpaired) electrons. The molecule has 0 fully saturated rings. The fourth-order valence-electron chi connectivity index (χ4n) is 0.851. The lowest BCUT2D eigenvalue weighted by atomic mass is 10.1. The highest BCUT2D eigenvalue weighted by atomic mass is 16.5. The van der Waals surface area contributed by atoms with E-state index in [1.54, 1.807) is 0 Å². The van der Waals surface area contributed by atoms with Crippen molar-refractivity contribution in [1.29, 1.82) is 0 Å². The maximum Gasteiger partial charge on any atom is 0.0698 e. The van der Waals surface area contributed by atoms with Crippen LogP contribution in [0.1, 0.15) is 19.3 Å². The summed E-state index contributed by atoms with van der Waals surface area (Å²) in [4.78, 5) is 0. The number of ether oxygens (including phenoxy) is 1. The van der Waals surface area contributed by atoms with Gasteiger partial charge in [0.1, 0.15) is 0 Å². The Morgan fingerprint density at radius 1 is 0.750 bits per heavy atom. The van der Waals surface area contributed by atoms with Gasteiger partial charge in [-0.1, -0.05) is 0 Å². The normalized spacial score (nSPS) is 11.8. The molecule has 0 heterocycles. The van der Waals surface area contributed by atoms with Gasteiger partial charge in [0.2, 0.25) is 0 Å². The van der Waals surface area contributed by atoms with Crippen LogP contribution in [0, 0.1) is 0 Å². The third-order valence-electron chi connectivity index (χ3n) is 1.63. The Balaban J connectivity index is 0. The molecule has 6 heteroatoms. The molecule has 0 aromatic carbocycles. The van der Waals surface area contributed by atoms with Gasteiger partial charge in [0.15, 0.2) is 0 Å². The van der Waals surface area contributed by atoms with Crippen molar-refractivity contribution >= 4 is 0 Å². The fourth-order valence-corrected chi connectivity index (χ4v) is 0.851. The lowest BCUT2D eigenvalue weighted by Crippen LogP contribution is -2.08. The first kappa shape index (κ1) is 18.1. The summed E-state index contributed by atoms with van der Waals surface area (Å²) in [5.41, 5.74) is 0. The van der Waals surface area contributed by atoms with Crippen molar-refractivity contribution in [3.63, 3.8) is 0 Å². The van der Waals surface area contributed by atoms with Gasteiger partial charge in [-0.3, -0.25) is 0 Å². The zero-order valence-electron chi connectivity index (χ0n) is 9.59. The summed E-state index contributed by atoms with van der Waals surface area (Å²) in [5.74, 6) is 0. The van der Waals surface area contributed by atoms with Crippen molar-refractivity contribution in [1.82, 2.24) is 0 Å². The van der Waals surface area contributed by atoms with Gasteiger partial charge in [-0.15, -0.1) is 0 Å². The van der Waals surface area contributed by atoms with E-state index in [-0.39, 0.29) is 26.4 Å². The van der Waals surface area contributed by atoms with Crippen LogP contribution in [0.2, 0.25) is 0 Å². The second-order valence-corrected chi connectivity index (χ2v) is 3.09. The molecule has 0 amide bonds. The van der Waals surface area contributed by atoms with E-state index in [2.05, 4.69) is 4.74 Å². The van der Waals surface area contributed by atoms with Crippen LogP contribution in [0.5, 0.6) is 0 Å². The van der Waals surface area contributed by atoms with E-state index in [0.717, 1.165) is 0 Å². The zero-order chi connectivity index (χ0) is 12.6. The summed E-state index contributed by atoms with van der Waals surface area (Å²) in [6, 6.07) is 0. The van der Waals surface area contributed by atoms with Crippen LogP contribution >= 0.6 is 0 Å². The van der Waals surface area contributed by atoms with Gasteiger partial charge >= 0.3 is 0 Å². The molecule has 0 aromatic heterocycles. The highest BCUT2D eigenvalue weighted by molar-refractivity contribution is 4.53. The van der Waals surface area contributed by atoms with Crippen molar-refractivity contribution in [2.45, 2.75) is 25.4 Å². The minimum Gasteiger partial charge on any atom is -0.396 e. The summed E-state index contributed by atoms with van der Waals surface area (Å²) in [6.45, 7) is 0.830. The summed E-state index contributed by atoms with van der Waals surface area (Å²) in [5, 5.41) is 41.7. The first-order chi connectivity index (χ1) is 7.72. The molecular formula is C10H24O6. The lowest BCUT2D eigenvalue weighted by Gasteiger charge is -2.05.